The minimum absolute atomic E-state index is 0.293. The first-order chi connectivity index (χ1) is 9.31. The Hall–Kier alpha value is -0.120. The summed E-state index contributed by atoms with van der Waals surface area (Å²) in [6.07, 6.45) is 4.82. The second-order valence-corrected chi connectivity index (χ2v) is 7.80. The van der Waals surface area contributed by atoms with Crippen LogP contribution in [0.1, 0.15) is 60.3 Å². The van der Waals surface area contributed by atoms with E-state index < -0.39 is 6.10 Å². The number of aliphatic hydroxyl groups is 1. The van der Waals surface area contributed by atoms with E-state index in [9.17, 15) is 5.11 Å². The lowest BCUT2D eigenvalue weighted by atomic mass is 9.70. The molecule has 2 fully saturated rings. The van der Waals surface area contributed by atoms with Gasteiger partial charge in [0.15, 0.2) is 0 Å². The second kappa shape index (κ2) is 5.94. The van der Waals surface area contributed by atoms with Crippen LogP contribution < -0.4 is 5.32 Å². The van der Waals surface area contributed by atoms with Gasteiger partial charge < -0.3 is 15.2 Å². The lowest BCUT2D eigenvalue weighted by Gasteiger charge is -2.39. The lowest BCUT2D eigenvalue weighted by Crippen LogP contribution is -2.40. The summed E-state index contributed by atoms with van der Waals surface area (Å²) in [6, 6.07) is 0.462. The van der Waals surface area contributed by atoms with Crippen LogP contribution in [0.25, 0.3) is 0 Å². The quantitative estimate of drug-likeness (QED) is 0.755. The summed E-state index contributed by atoms with van der Waals surface area (Å²) in [5.74, 6) is 0.799. The van der Waals surface area contributed by atoms with Gasteiger partial charge in [0.05, 0.1) is 18.8 Å². The fraction of sp³-hybridized carbons (Fsp3) is 1.00. The molecule has 0 radical (unpaired) electrons. The number of ether oxygens (including phenoxy) is 1. The molecule has 0 aliphatic heterocycles. The average Bonchev–Trinajstić information content (AvgIpc) is 2.75. The lowest BCUT2D eigenvalue weighted by molar-refractivity contribution is -0.0744. The highest BCUT2D eigenvalue weighted by atomic mass is 16.5. The topological polar surface area (TPSA) is 41.5 Å². The molecule has 3 nitrogen and oxygen atoms in total. The van der Waals surface area contributed by atoms with Gasteiger partial charge >= 0.3 is 0 Å². The molecule has 20 heavy (non-hydrogen) atoms. The SMILES string of the molecule is CC[C@@H](C)NC[C@@H](O)CO[C@@H]1C[C@@H]2CC[C@]1(C)C2(C)C. The van der Waals surface area contributed by atoms with Crippen molar-refractivity contribution in [1.29, 1.82) is 0 Å². The van der Waals surface area contributed by atoms with Crippen LogP contribution in [0.15, 0.2) is 0 Å². The highest BCUT2D eigenvalue weighted by Crippen LogP contribution is 2.66. The maximum absolute atomic E-state index is 10.1. The largest absolute Gasteiger partial charge is 0.389 e. The van der Waals surface area contributed by atoms with Crippen LogP contribution in [-0.2, 0) is 4.74 Å². The second-order valence-electron chi connectivity index (χ2n) is 7.80. The standard InChI is InChI=1S/C17H33NO2/c1-6-12(2)18-10-14(19)11-20-15-9-13-7-8-17(15,5)16(13,3)4/h12-15,18-19H,6-11H2,1-5H3/t12-,13+,14-,15-,17+/m1/s1. The molecule has 0 spiro atoms. The number of hydrogen-bond acceptors (Lipinski definition) is 3. The van der Waals surface area contributed by atoms with Crippen molar-refractivity contribution in [3.63, 3.8) is 0 Å². The molecule has 2 aliphatic carbocycles. The Morgan fingerprint density at radius 1 is 1.35 bits per heavy atom. The highest BCUT2D eigenvalue weighted by Gasteiger charge is 2.61. The van der Waals surface area contributed by atoms with Gasteiger partial charge in [-0.15, -0.1) is 0 Å². The minimum atomic E-state index is -0.394. The Labute approximate surface area is 124 Å². The minimum Gasteiger partial charge on any atom is -0.389 e. The summed E-state index contributed by atoms with van der Waals surface area (Å²) in [6.45, 7) is 12.6. The molecule has 0 aromatic rings. The average molecular weight is 283 g/mol. The number of nitrogens with one attached hydrogen (secondary N) is 1. The van der Waals surface area contributed by atoms with Crippen LogP contribution in [0.4, 0.5) is 0 Å². The first-order valence-corrected chi connectivity index (χ1v) is 8.34. The van der Waals surface area contributed by atoms with Crippen molar-refractivity contribution in [3.8, 4) is 0 Å². The Morgan fingerprint density at radius 2 is 2.05 bits per heavy atom. The molecule has 5 atom stereocenters. The van der Waals surface area contributed by atoms with E-state index in [2.05, 4.69) is 39.9 Å². The van der Waals surface area contributed by atoms with E-state index in [1.54, 1.807) is 0 Å². The van der Waals surface area contributed by atoms with E-state index in [-0.39, 0.29) is 0 Å². The zero-order valence-electron chi connectivity index (χ0n) is 13.9. The number of aliphatic hydroxyl groups excluding tert-OH is 1. The van der Waals surface area contributed by atoms with Crippen LogP contribution in [-0.4, -0.2) is 36.5 Å². The first kappa shape index (κ1) is 16.3. The van der Waals surface area contributed by atoms with Crippen LogP contribution in [0, 0.1) is 16.7 Å². The smallest absolute Gasteiger partial charge is 0.0897 e. The van der Waals surface area contributed by atoms with Crippen molar-refractivity contribution in [3.05, 3.63) is 0 Å². The molecule has 0 amide bonds. The summed E-state index contributed by atoms with van der Waals surface area (Å²) in [4.78, 5) is 0. The highest BCUT2D eigenvalue weighted by molar-refractivity contribution is 5.11. The fourth-order valence-electron chi connectivity index (χ4n) is 4.15. The van der Waals surface area contributed by atoms with Gasteiger partial charge in [-0.1, -0.05) is 27.7 Å². The number of rotatable bonds is 7. The Balaban J connectivity index is 1.78. The molecule has 118 valence electrons. The van der Waals surface area contributed by atoms with E-state index in [1.807, 2.05) is 0 Å². The van der Waals surface area contributed by atoms with E-state index in [4.69, 9.17) is 4.74 Å². The van der Waals surface area contributed by atoms with E-state index in [0.717, 1.165) is 12.3 Å². The van der Waals surface area contributed by atoms with Gasteiger partial charge in [-0.3, -0.25) is 0 Å². The predicted molar refractivity (Wildman–Crippen MR) is 82.7 cm³/mol. The Kier molecular flexibility index (Phi) is 4.83. The molecule has 2 rings (SSSR count). The van der Waals surface area contributed by atoms with E-state index in [0.29, 0.717) is 36.1 Å². The van der Waals surface area contributed by atoms with Crippen LogP contribution in [0.3, 0.4) is 0 Å². The van der Waals surface area contributed by atoms with E-state index in [1.165, 1.54) is 19.3 Å². The monoisotopic (exact) mass is 283 g/mol. The van der Waals surface area contributed by atoms with Gasteiger partial charge in [0, 0.05) is 12.6 Å². The zero-order valence-corrected chi connectivity index (χ0v) is 13.9. The molecule has 0 aromatic heterocycles. The van der Waals surface area contributed by atoms with Crippen molar-refractivity contribution in [1.82, 2.24) is 5.32 Å². The molecular formula is C17H33NO2. The van der Waals surface area contributed by atoms with Gasteiger partial charge in [0.2, 0.25) is 0 Å². The van der Waals surface area contributed by atoms with Gasteiger partial charge in [-0.05, 0) is 49.4 Å². The van der Waals surface area contributed by atoms with E-state index >= 15 is 0 Å². The molecule has 0 aromatic carbocycles. The summed E-state index contributed by atoms with van der Waals surface area (Å²) in [7, 11) is 0. The molecule has 2 N–H and O–H groups in total. The number of hydrogen-bond donors (Lipinski definition) is 2. The maximum Gasteiger partial charge on any atom is 0.0897 e. The van der Waals surface area contributed by atoms with Crippen LogP contribution in [0.2, 0.25) is 0 Å². The molecule has 0 unspecified atom stereocenters. The molecule has 0 saturated heterocycles. The Bertz CT molecular complexity index is 331. The zero-order chi connectivity index (χ0) is 15.0. The van der Waals surface area contributed by atoms with Crippen molar-refractivity contribution in [2.24, 2.45) is 16.7 Å². The third-order valence-electron chi connectivity index (χ3n) is 6.52. The normalized spacial score (nSPS) is 38.1. The van der Waals surface area contributed by atoms with Crippen LogP contribution in [0.5, 0.6) is 0 Å². The predicted octanol–water partition coefficient (Wildman–Crippen LogP) is 2.97. The summed E-state index contributed by atoms with van der Waals surface area (Å²) < 4.78 is 6.11. The third-order valence-corrected chi connectivity index (χ3v) is 6.52. The van der Waals surface area contributed by atoms with Crippen molar-refractivity contribution >= 4 is 0 Å². The third kappa shape index (κ3) is 2.77. The first-order valence-electron chi connectivity index (χ1n) is 8.34. The molecule has 2 aliphatic rings. The van der Waals surface area contributed by atoms with Crippen molar-refractivity contribution in [2.75, 3.05) is 13.2 Å². The fourth-order valence-corrected chi connectivity index (χ4v) is 4.15. The summed E-state index contributed by atoms with van der Waals surface area (Å²) in [5.41, 5.74) is 0.680. The summed E-state index contributed by atoms with van der Waals surface area (Å²) >= 11 is 0. The number of fused-ring (bicyclic) bond motifs is 2. The van der Waals surface area contributed by atoms with Gasteiger partial charge in [0.25, 0.3) is 0 Å². The molecule has 2 bridgehead atoms. The molecular weight excluding hydrogens is 250 g/mol. The van der Waals surface area contributed by atoms with Crippen molar-refractivity contribution < 1.29 is 9.84 Å². The maximum atomic E-state index is 10.1. The summed E-state index contributed by atoms with van der Waals surface area (Å²) in [5, 5.41) is 13.4. The van der Waals surface area contributed by atoms with Gasteiger partial charge in [-0.25, -0.2) is 0 Å². The molecule has 2 saturated carbocycles. The van der Waals surface area contributed by atoms with Gasteiger partial charge in [-0.2, -0.15) is 0 Å². The molecule has 0 heterocycles. The van der Waals surface area contributed by atoms with Crippen LogP contribution >= 0.6 is 0 Å². The molecule has 3 heteroatoms. The Morgan fingerprint density at radius 3 is 2.55 bits per heavy atom. The van der Waals surface area contributed by atoms with Gasteiger partial charge in [0.1, 0.15) is 0 Å². The van der Waals surface area contributed by atoms with Crippen molar-refractivity contribution in [2.45, 2.75) is 78.6 Å².